The van der Waals surface area contributed by atoms with Crippen molar-refractivity contribution in [1.82, 2.24) is 0 Å². The number of nitrogens with one attached hydrogen (secondary N) is 1. The molecule has 7 aromatic rings. The Morgan fingerprint density at radius 2 is 0.756 bits per heavy atom. The van der Waals surface area contributed by atoms with E-state index in [9.17, 15) is 92.6 Å². The van der Waals surface area contributed by atoms with E-state index in [1.807, 2.05) is 174 Å². The Morgan fingerprint density at radius 1 is 0.427 bits per heavy atom. The first kappa shape index (κ1) is 109. The lowest BCUT2D eigenvalue weighted by atomic mass is 9.80. The second kappa shape index (κ2) is 45.4. The molecule has 5 heterocycles. The summed E-state index contributed by atoms with van der Waals surface area (Å²) in [6.45, 7) is 31.7. The van der Waals surface area contributed by atoms with Crippen molar-refractivity contribution in [2.45, 2.75) is 186 Å². The van der Waals surface area contributed by atoms with Crippen LogP contribution in [0.25, 0.3) is 0 Å². The molecule has 0 spiro atoms. The number of hydrogen-bond acceptors (Lipinski definition) is 18. The van der Waals surface area contributed by atoms with E-state index in [1.165, 1.54) is 65.0 Å². The van der Waals surface area contributed by atoms with Crippen molar-refractivity contribution in [3.63, 3.8) is 0 Å². The lowest BCUT2D eigenvalue weighted by molar-refractivity contribution is -0.161. The molecule has 8 atom stereocenters. The fraction of sp³-hybridized carbons (Fsp3) is 0.464. The van der Waals surface area contributed by atoms with Crippen LogP contribution in [0.4, 0.5) is 79.3 Å². The van der Waals surface area contributed by atoms with Crippen molar-refractivity contribution in [2.75, 3.05) is 115 Å². The first-order valence-electron chi connectivity index (χ1n) is 42.3. The highest BCUT2D eigenvalue weighted by Crippen LogP contribution is 2.48. The predicted octanol–water partition coefficient (Wildman–Crippen LogP) is 18.0. The molecule has 714 valence electrons. The molecule has 4 N–H and O–H groups in total. The minimum Gasteiger partial charge on any atom is -0.469 e. The number of para-hydroxylation sites is 5. The van der Waals surface area contributed by atoms with Gasteiger partial charge in [0.1, 0.15) is 16.2 Å². The van der Waals surface area contributed by atoms with Crippen LogP contribution in [-0.2, 0) is 94.9 Å². The summed E-state index contributed by atoms with van der Waals surface area (Å²) >= 11 is 2.29. The number of carbonyl (C=O) groups excluding carboxylic acids is 10. The molecular formula is C97H119F9IN7O17. The molecular weight excluding hydrogens is 1830 g/mol. The Balaban J connectivity index is 0.000000244. The molecule has 7 aromatic carbocycles. The van der Waals surface area contributed by atoms with Gasteiger partial charge in [0.05, 0.1) is 56.5 Å². The van der Waals surface area contributed by atoms with Crippen LogP contribution >= 0.6 is 22.6 Å². The normalized spacial score (nSPS) is 21.0. The van der Waals surface area contributed by atoms with Crippen molar-refractivity contribution < 1.29 is 121 Å². The Hall–Kier alpha value is -11.0. The molecule has 5 aliphatic rings. The summed E-state index contributed by atoms with van der Waals surface area (Å²) in [4.78, 5) is 133. The third-order valence-electron chi connectivity index (χ3n) is 24.4. The highest BCUT2D eigenvalue weighted by atomic mass is 127. The minimum atomic E-state index is -4.84. The van der Waals surface area contributed by atoms with E-state index in [-0.39, 0.29) is 92.1 Å². The molecule has 0 radical (unpaired) electrons. The number of methoxy groups -OCH3 is 6. The molecule has 131 heavy (non-hydrogen) atoms. The van der Waals surface area contributed by atoms with Crippen molar-refractivity contribution >= 4 is 122 Å². The molecule has 0 aromatic heterocycles. The molecule has 0 aliphatic carbocycles. The molecule has 6 amide bonds. The van der Waals surface area contributed by atoms with Crippen LogP contribution in [0, 0.1) is 104 Å². The average molecular weight is 1950 g/mol. The van der Waals surface area contributed by atoms with Crippen LogP contribution < -0.4 is 35.6 Å². The number of benzene rings is 7. The quantitative estimate of drug-likeness (QED) is 0.0190. The van der Waals surface area contributed by atoms with E-state index in [1.54, 1.807) is 33.4 Å². The summed E-state index contributed by atoms with van der Waals surface area (Å²) in [6.07, 6.45) is -15.3. The van der Waals surface area contributed by atoms with Crippen LogP contribution in [-0.4, -0.2) is 163 Å². The molecule has 0 bridgehead atoms. The number of rotatable bonds is 17. The number of esters is 4. The maximum Gasteiger partial charge on any atom is 0.416 e. The number of nitrogens with zero attached hydrogens (tertiary/aromatic N) is 5. The smallest absolute Gasteiger partial charge is 0.416 e. The Kier molecular flexibility index (Phi) is 37.7. The van der Waals surface area contributed by atoms with E-state index in [0.717, 1.165) is 96.2 Å². The summed E-state index contributed by atoms with van der Waals surface area (Å²) in [5.74, 6) is -3.43. The molecule has 5 aliphatic heterocycles. The maximum atomic E-state index is 13.5. The van der Waals surface area contributed by atoms with Crippen molar-refractivity contribution in [3.05, 3.63) is 205 Å². The number of alkyl halides is 10. The highest BCUT2D eigenvalue weighted by Gasteiger charge is 2.61. The van der Waals surface area contributed by atoms with Gasteiger partial charge in [-0.1, -0.05) is 148 Å². The van der Waals surface area contributed by atoms with Gasteiger partial charge in [-0.2, -0.15) is 39.5 Å². The van der Waals surface area contributed by atoms with E-state index in [4.69, 9.17) is 34.2 Å². The average Bonchev–Trinajstić information content (AvgIpc) is 1.59. The fourth-order valence-corrected chi connectivity index (χ4v) is 17.4. The zero-order chi connectivity index (χ0) is 98.9. The van der Waals surface area contributed by atoms with E-state index in [0.29, 0.717) is 50.0 Å². The SMILES string of the molecule is CCC1(C(=O)OC)CC(=O)N(c2c(C)cccc2C)C1.CCC1(C(=O)OC)CN(c2c(C)cccc2C)C(=O)C1O.CCC1(C(=O)OC)CN(c2c(C)cccc2C)C(=O)C1OC.CCI.CC[C@@]1(C(=O)Nc2cc(C)cc(C(F)(F)F)c2)CN(c2c(C)cccc2C)C(=O)[C@H]1OC.COC(=O)C1CC(=O)N(c2c(C)cccc2C)C1.Nc1cc(C(F)(F)F)cc(C(F)(F)F)c1. The topological polar surface area (TPSA) is 301 Å². The van der Waals surface area contributed by atoms with Gasteiger partial charge in [0, 0.05) is 99.6 Å². The van der Waals surface area contributed by atoms with Gasteiger partial charge in [-0.3, -0.25) is 47.9 Å². The van der Waals surface area contributed by atoms with Gasteiger partial charge in [0.15, 0.2) is 18.3 Å². The largest absolute Gasteiger partial charge is 0.469 e. The number of halogens is 10. The van der Waals surface area contributed by atoms with Gasteiger partial charge in [-0.15, -0.1) is 0 Å². The van der Waals surface area contributed by atoms with Crippen molar-refractivity contribution in [1.29, 1.82) is 0 Å². The fourth-order valence-electron chi connectivity index (χ4n) is 17.4. The lowest BCUT2D eigenvalue weighted by Crippen LogP contribution is -2.46. The van der Waals surface area contributed by atoms with Crippen LogP contribution in [0.15, 0.2) is 127 Å². The molecule has 24 nitrogen and oxygen atoms in total. The molecule has 5 fully saturated rings. The van der Waals surface area contributed by atoms with Gasteiger partial charge >= 0.3 is 42.4 Å². The van der Waals surface area contributed by atoms with Crippen LogP contribution in [0.5, 0.6) is 0 Å². The van der Waals surface area contributed by atoms with Crippen molar-refractivity contribution in [2.24, 2.45) is 27.6 Å². The van der Waals surface area contributed by atoms with Crippen LogP contribution in [0.1, 0.15) is 151 Å². The van der Waals surface area contributed by atoms with Gasteiger partial charge in [0.2, 0.25) is 17.7 Å². The number of aliphatic hydroxyl groups excluding tert-OH is 1. The number of hydrogen-bond donors (Lipinski definition) is 3. The lowest BCUT2D eigenvalue weighted by Gasteiger charge is -2.30. The third-order valence-corrected chi connectivity index (χ3v) is 24.4. The monoisotopic (exact) mass is 1950 g/mol. The van der Waals surface area contributed by atoms with E-state index < -0.39 is 105 Å². The van der Waals surface area contributed by atoms with Gasteiger partial charge in [-0.05, 0) is 204 Å². The number of aryl methyl sites for hydroxylation is 11. The number of ether oxygens (including phenoxy) is 6. The maximum absolute atomic E-state index is 13.5. The molecule has 34 heteroatoms. The van der Waals surface area contributed by atoms with Crippen molar-refractivity contribution in [3.8, 4) is 0 Å². The summed E-state index contributed by atoms with van der Waals surface area (Å²) < 4.78 is 144. The number of nitrogen functional groups attached to an aromatic ring is 1. The van der Waals surface area contributed by atoms with Gasteiger partial charge in [0.25, 0.3) is 17.7 Å². The summed E-state index contributed by atoms with van der Waals surface area (Å²) in [6, 6.07) is 33.4. The summed E-state index contributed by atoms with van der Waals surface area (Å²) in [5.41, 5.74) is 11.0. The number of nitrogens with two attached hydrogens (primary N) is 1. The summed E-state index contributed by atoms with van der Waals surface area (Å²) in [7, 11) is 8.19. The Bertz CT molecular complexity index is 5190. The first-order chi connectivity index (χ1) is 61.3. The zero-order valence-corrected chi connectivity index (χ0v) is 80.1. The van der Waals surface area contributed by atoms with Crippen LogP contribution in [0.2, 0.25) is 0 Å². The third kappa shape index (κ3) is 24.1. The highest BCUT2D eigenvalue weighted by molar-refractivity contribution is 14.1. The standard InChI is InChI=1S/C24H27F3N2O3.C17H23NO4.C16H21NO4.C16H21NO3.C14H17NO3.C8H5F6N.C2H5I/c1-6-23(22(31)28-18-11-14(2)10-17(12-18)24(25,26)27)13-29(21(30)20(23)32-5)19-15(3)8-7-9-16(19)4;1-6-17(16(20)22-5)10-18(15(19)14(17)21-4)13-11(2)8-7-9-12(13)3;1-5-16(15(20)21-4)9-17(14(19)13(16)18)12-10(2)7-6-8-11(12)3;1-5-16(15(19)20-4)9-13(18)17(10-16)14-11(2)7-6-8-12(14)3;1-9-5-4-6-10(2)13(9)15-8-11(7-12(15)16)14(17)18-3;9-7(10,11)4-1-5(8(12,13)14)3-6(15)2-4;1-2-3/h7-12,20H,6,13H2,1-5H3,(H,28,31);7-9,14H,6,10H2,1-5H3;6-8,13,18H,5,9H2,1-4H3;6-8H,5,9-10H2,1-4H3;4-6,11H,7-8H2,1-3H3;1-3H,15H2;2H2,1H3/t20-,23-;;;;;;/m1....../s1. The zero-order valence-electron chi connectivity index (χ0n) is 78.0. The summed E-state index contributed by atoms with van der Waals surface area (Å²) in [5, 5.41) is 12.9. The second-order valence-corrected chi connectivity index (χ2v) is 34.5. The molecule has 6 unspecified atom stereocenters. The number of amides is 6. The van der Waals surface area contributed by atoms with E-state index in [2.05, 4.69) is 34.8 Å². The number of anilines is 7. The molecule has 5 saturated heterocycles. The predicted molar refractivity (Wildman–Crippen MR) is 491 cm³/mol. The Labute approximate surface area is 772 Å². The molecule has 12 rings (SSSR count). The van der Waals surface area contributed by atoms with Gasteiger partial charge < -0.3 is 69.1 Å². The van der Waals surface area contributed by atoms with Gasteiger partial charge in [-0.25, -0.2) is 0 Å². The Morgan fingerprint density at radius 3 is 1.10 bits per heavy atom. The number of carbonyl (C=O) groups is 10. The van der Waals surface area contributed by atoms with E-state index >= 15 is 0 Å². The second-order valence-electron chi connectivity index (χ2n) is 33.0. The molecule has 0 saturated carbocycles. The minimum absolute atomic E-state index is 0.00495. The first-order valence-corrected chi connectivity index (χ1v) is 43.8. The number of aliphatic hydroxyl groups is 1. The van der Waals surface area contributed by atoms with Crippen LogP contribution in [0.3, 0.4) is 0 Å².